The van der Waals surface area contributed by atoms with Crippen LogP contribution in [0.4, 0.5) is 11.4 Å². The summed E-state index contributed by atoms with van der Waals surface area (Å²) >= 11 is 6.08. The number of benzene rings is 2. The molecule has 3 rings (SSSR count). The SMILES string of the molecule is COc1cc(NC(=O)c2ccc(Cl)cc2N2CCCC2=O)cc(OC)c1. The number of rotatable bonds is 5. The number of anilines is 2. The number of methoxy groups -OCH3 is 2. The van der Waals surface area contributed by atoms with E-state index in [9.17, 15) is 9.59 Å². The molecule has 0 aliphatic carbocycles. The van der Waals surface area contributed by atoms with E-state index in [1.165, 1.54) is 14.2 Å². The van der Waals surface area contributed by atoms with Crippen molar-refractivity contribution in [3.8, 4) is 11.5 Å². The minimum atomic E-state index is -0.341. The van der Waals surface area contributed by atoms with Gasteiger partial charge in [0.25, 0.3) is 5.91 Å². The summed E-state index contributed by atoms with van der Waals surface area (Å²) in [6, 6.07) is 9.99. The van der Waals surface area contributed by atoms with E-state index in [0.717, 1.165) is 6.42 Å². The Morgan fingerprint density at radius 1 is 1.12 bits per heavy atom. The molecular weight excluding hydrogens is 356 g/mol. The van der Waals surface area contributed by atoms with Gasteiger partial charge in [0, 0.05) is 41.9 Å². The van der Waals surface area contributed by atoms with Crippen LogP contribution in [0.2, 0.25) is 5.02 Å². The second-order valence-electron chi connectivity index (χ2n) is 5.87. The molecule has 136 valence electrons. The monoisotopic (exact) mass is 374 g/mol. The van der Waals surface area contributed by atoms with Gasteiger partial charge in [0.2, 0.25) is 5.91 Å². The number of hydrogen-bond acceptors (Lipinski definition) is 4. The van der Waals surface area contributed by atoms with E-state index in [1.807, 2.05) is 0 Å². The fraction of sp³-hybridized carbons (Fsp3) is 0.263. The van der Waals surface area contributed by atoms with Gasteiger partial charge in [0.15, 0.2) is 0 Å². The lowest BCUT2D eigenvalue weighted by Gasteiger charge is -2.20. The highest BCUT2D eigenvalue weighted by molar-refractivity contribution is 6.31. The number of halogens is 1. The Kier molecular flexibility index (Phi) is 5.32. The van der Waals surface area contributed by atoms with Crippen LogP contribution in [-0.2, 0) is 4.79 Å². The molecule has 0 atom stereocenters. The van der Waals surface area contributed by atoms with Gasteiger partial charge in [-0.05, 0) is 24.6 Å². The summed E-state index contributed by atoms with van der Waals surface area (Å²) in [4.78, 5) is 26.5. The summed E-state index contributed by atoms with van der Waals surface area (Å²) in [5.41, 5.74) is 1.43. The average Bonchev–Trinajstić information content (AvgIpc) is 3.06. The molecule has 0 aromatic heterocycles. The van der Waals surface area contributed by atoms with Crippen molar-refractivity contribution in [2.45, 2.75) is 12.8 Å². The van der Waals surface area contributed by atoms with Crippen molar-refractivity contribution >= 4 is 34.8 Å². The van der Waals surface area contributed by atoms with Crippen LogP contribution in [0, 0.1) is 0 Å². The molecule has 26 heavy (non-hydrogen) atoms. The Morgan fingerprint density at radius 2 is 1.81 bits per heavy atom. The van der Waals surface area contributed by atoms with E-state index in [-0.39, 0.29) is 11.8 Å². The van der Waals surface area contributed by atoms with Crippen LogP contribution in [0.3, 0.4) is 0 Å². The molecule has 7 heteroatoms. The fourth-order valence-electron chi connectivity index (χ4n) is 2.90. The molecule has 2 amide bonds. The van der Waals surface area contributed by atoms with Crippen LogP contribution in [0.15, 0.2) is 36.4 Å². The number of hydrogen-bond donors (Lipinski definition) is 1. The molecule has 0 saturated carbocycles. The highest BCUT2D eigenvalue weighted by Crippen LogP contribution is 2.30. The lowest BCUT2D eigenvalue weighted by molar-refractivity contribution is -0.117. The van der Waals surface area contributed by atoms with Crippen LogP contribution in [0.25, 0.3) is 0 Å². The molecule has 1 saturated heterocycles. The van der Waals surface area contributed by atoms with Crippen LogP contribution in [-0.4, -0.2) is 32.6 Å². The lowest BCUT2D eigenvalue weighted by atomic mass is 10.1. The molecule has 2 aromatic carbocycles. The first-order valence-electron chi connectivity index (χ1n) is 8.16. The first-order chi connectivity index (χ1) is 12.5. The smallest absolute Gasteiger partial charge is 0.257 e. The first kappa shape index (κ1) is 18.1. The Hall–Kier alpha value is -2.73. The van der Waals surface area contributed by atoms with Gasteiger partial charge in [-0.3, -0.25) is 9.59 Å². The predicted molar refractivity (Wildman–Crippen MR) is 101 cm³/mol. The highest BCUT2D eigenvalue weighted by Gasteiger charge is 2.26. The van der Waals surface area contributed by atoms with Gasteiger partial charge in [-0.25, -0.2) is 0 Å². The maximum Gasteiger partial charge on any atom is 0.257 e. The molecule has 0 unspecified atom stereocenters. The molecule has 0 bridgehead atoms. The van der Waals surface area contributed by atoms with E-state index in [1.54, 1.807) is 41.3 Å². The van der Waals surface area contributed by atoms with Gasteiger partial charge in [-0.2, -0.15) is 0 Å². The Morgan fingerprint density at radius 3 is 2.38 bits per heavy atom. The zero-order valence-corrected chi connectivity index (χ0v) is 15.3. The average molecular weight is 375 g/mol. The molecule has 1 aliphatic heterocycles. The number of carbonyl (C=O) groups is 2. The molecule has 0 radical (unpaired) electrons. The van der Waals surface area contributed by atoms with Crippen LogP contribution < -0.4 is 19.7 Å². The Bertz CT molecular complexity index is 831. The number of ether oxygens (including phenoxy) is 2. The molecule has 2 aromatic rings. The van der Waals surface area contributed by atoms with Gasteiger partial charge in [0.1, 0.15) is 11.5 Å². The second-order valence-corrected chi connectivity index (χ2v) is 6.30. The Balaban J connectivity index is 1.92. The fourth-order valence-corrected chi connectivity index (χ4v) is 3.07. The Labute approximate surface area is 156 Å². The zero-order valence-electron chi connectivity index (χ0n) is 14.5. The molecule has 1 aliphatic rings. The van der Waals surface area contributed by atoms with E-state index in [4.69, 9.17) is 21.1 Å². The van der Waals surface area contributed by atoms with E-state index < -0.39 is 0 Å². The molecule has 6 nitrogen and oxygen atoms in total. The highest BCUT2D eigenvalue weighted by atomic mass is 35.5. The first-order valence-corrected chi connectivity index (χ1v) is 8.54. The summed E-state index contributed by atoms with van der Waals surface area (Å²) < 4.78 is 10.4. The zero-order chi connectivity index (χ0) is 18.7. The van der Waals surface area contributed by atoms with Gasteiger partial charge in [0.05, 0.1) is 25.5 Å². The van der Waals surface area contributed by atoms with Crippen molar-refractivity contribution < 1.29 is 19.1 Å². The summed E-state index contributed by atoms with van der Waals surface area (Å²) in [6.45, 7) is 0.576. The van der Waals surface area contributed by atoms with Crippen molar-refractivity contribution in [1.29, 1.82) is 0 Å². The minimum absolute atomic E-state index is 0.00985. The minimum Gasteiger partial charge on any atom is -0.497 e. The molecule has 1 N–H and O–H groups in total. The molecule has 1 heterocycles. The van der Waals surface area contributed by atoms with Crippen LogP contribution in [0.1, 0.15) is 23.2 Å². The number of nitrogens with one attached hydrogen (secondary N) is 1. The summed E-state index contributed by atoms with van der Waals surface area (Å²) in [5, 5.41) is 3.30. The number of amides is 2. The van der Waals surface area contributed by atoms with Crippen molar-refractivity contribution in [3.63, 3.8) is 0 Å². The van der Waals surface area contributed by atoms with Gasteiger partial charge >= 0.3 is 0 Å². The summed E-state index contributed by atoms with van der Waals surface area (Å²) in [7, 11) is 3.08. The van der Waals surface area contributed by atoms with Crippen LogP contribution >= 0.6 is 11.6 Å². The predicted octanol–water partition coefficient (Wildman–Crippen LogP) is 3.74. The van der Waals surface area contributed by atoms with Crippen molar-refractivity contribution in [2.24, 2.45) is 0 Å². The van der Waals surface area contributed by atoms with Crippen molar-refractivity contribution in [3.05, 3.63) is 47.0 Å². The largest absolute Gasteiger partial charge is 0.497 e. The molecule has 0 spiro atoms. The van der Waals surface area contributed by atoms with Gasteiger partial charge in [-0.1, -0.05) is 11.6 Å². The van der Waals surface area contributed by atoms with E-state index in [0.29, 0.717) is 46.4 Å². The maximum absolute atomic E-state index is 12.8. The topological polar surface area (TPSA) is 67.9 Å². The van der Waals surface area contributed by atoms with Crippen LogP contribution in [0.5, 0.6) is 11.5 Å². The maximum atomic E-state index is 12.8. The quantitative estimate of drug-likeness (QED) is 0.865. The standard InChI is InChI=1S/C19H19ClN2O4/c1-25-14-9-13(10-15(11-14)26-2)21-19(24)16-6-5-12(20)8-17(16)22-7-3-4-18(22)23/h5-6,8-11H,3-4,7H2,1-2H3,(H,21,24). The van der Waals surface area contributed by atoms with E-state index in [2.05, 4.69) is 5.32 Å². The third kappa shape index (κ3) is 3.75. The molecule has 1 fully saturated rings. The third-order valence-electron chi connectivity index (χ3n) is 4.18. The second kappa shape index (κ2) is 7.66. The van der Waals surface area contributed by atoms with Gasteiger partial charge < -0.3 is 19.7 Å². The number of nitrogens with zero attached hydrogens (tertiary/aromatic N) is 1. The summed E-state index contributed by atoms with van der Waals surface area (Å²) in [5.74, 6) is 0.771. The van der Waals surface area contributed by atoms with Crippen molar-refractivity contribution in [1.82, 2.24) is 0 Å². The van der Waals surface area contributed by atoms with E-state index >= 15 is 0 Å². The molecular formula is C19H19ClN2O4. The third-order valence-corrected chi connectivity index (χ3v) is 4.41. The lowest BCUT2D eigenvalue weighted by Crippen LogP contribution is -2.27. The van der Waals surface area contributed by atoms with Gasteiger partial charge in [-0.15, -0.1) is 0 Å². The number of carbonyl (C=O) groups excluding carboxylic acids is 2. The van der Waals surface area contributed by atoms with Crippen molar-refractivity contribution in [2.75, 3.05) is 31.0 Å². The summed E-state index contributed by atoms with van der Waals surface area (Å²) in [6.07, 6.45) is 1.24. The normalized spacial score (nSPS) is 13.7.